The number of hydrogen-bond acceptors (Lipinski definition) is 3. The summed E-state index contributed by atoms with van der Waals surface area (Å²) in [6.45, 7) is -0.367. The van der Waals surface area contributed by atoms with E-state index in [0.717, 1.165) is 5.56 Å². The van der Waals surface area contributed by atoms with Gasteiger partial charge in [0.15, 0.2) is 0 Å². The molecule has 2 N–H and O–H groups in total. The third-order valence-corrected chi connectivity index (χ3v) is 1.98. The van der Waals surface area contributed by atoms with Crippen LogP contribution < -0.4 is 10.1 Å². The van der Waals surface area contributed by atoms with Crippen LogP contribution in [0.3, 0.4) is 0 Å². The van der Waals surface area contributed by atoms with Crippen LogP contribution >= 0.6 is 0 Å². The lowest BCUT2D eigenvalue weighted by Crippen LogP contribution is -2.30. The summed E-state index contributed by atoms with van der Waals surface area (Å²) >= 11 is 0. The molecule has 5 heteroatoms. The molecule has 0 saturated carbocycles. The van der Waals surface area contributed by atoms with Crippen molar-refractivity contribution in [1.82, 2.24) is 5.32 Å². The first-order valence-electron chi connectivity index (χ1n) is 4.74. The van der Waals surface area contributed by atoms with Gasteiger partial charge in [-0.2, -0.15) is 0 Å². The van der Waals surface area contributed by atoms with E-state index in [-0.39, 0.29) is 18.9 Å². The Morgan fingerprint density at radius 3 is 2.69 bits per heavy atom. The highest BCUT2D eigenvalue weighted by molar-refractivity contribution is 5.83. The van der Waals surface area contributed by atoms with E-state index in [2.05, 4.69) is 5.32 Å². The summed E-state index contributed by atoms with van der Waals surface area (Å²) in [7, 11) is 1.52. The molecule has 1 rings (SSSR count). The fourth-order valence-corrected chi connectivity index (χ4v) is 1.26. The summed E-state index contributed by atoms with van der Waals surface area (Å²) < 4.78 is 5.08. The molecule has 0 bridgehead atoms. The lowest BCUT2D eigenvalue weighted by molar-refractivity contribution is -0.137. The molecule has 0 radical (unpaired) electrons. The first kappa shape index (κ1) is 12.0. The largest absolute Gasteiger partial charge is 0.496 e. The maximum Gasteiger partial charge on any atom is 0.322 e. The second-order valence-electron chi connectivity index (χ2n) is 3.16. The highest BCUT2D eigenvalue weighted by Crippen LogP contribution is 2.17. The molecule has 0 aliphatic carbocycles. The van der Waals surface area contributed by atoms with Gasteiger partial charge in [0.05, 0.1) is 13.5 Å². The molecule has 0 unspecified atom stereocenters. The van der Waals surface area contributed by atoms with E-state index in [1.54, 1.807) is 24.3 Å². The number of para-hydroxylation sites is 1. The number of rotatable bonds is 5. The highest BCUT2D eigenvalue weighted by Gasteiger charge is 2.08. The molecule has 86 valence electrons. The minimum absolute atomic E-state index is 0.108. The maximum atomic E-state index is 11.4. The number of methoxy groups -OCH3 is 1. The molecule has 1 aromatic rings. The molecule has 0 aromatic heterocycles. The van der Waals surface area contributed by atoms with Crippen LogP contribution in [0.1, 0.15) is 5.56 Å². The molecule has 0 saturated heterocycles. The van der Waals surface area contributed by atoms with E-state index in [4.69, 9.17) is 9.84 Å². The van der Waals surface area contributed by atoms with Crippen molar-refractivity contribution >= 4 is 11.9 Å². The van der Waals surface area contributed by atoms with Crippen LogP contribution in [-0.4, -0.2) is 30.6 Å². The SMILES string of the molecule is COc1ccccc1CC(=O)NCC(=O)O. The van der Waals surface area contributed by atoms with Crippen molar-refractivity contribution in [3.63, 3.8) is 0 Å². The summed E-state index contributed by atoms with van der Waals surface area (Å²) in [5.74, 6) is -0.784. The van der Waals surface area contributed by atoms with Gasteiger partial charge in [0, 0.05) is 5.56 Å². The van der Waals surface area contributed by atoms with Crippen molar-refractivity contribution in [2.45, 2.75) is 6.42 Å². The zero-order valence-electron chi connectivity index (χ0n) is 8.90. The molecule has 1 amide bonds. The number of carboxylic acid groups (broad SMARTS) is 1. The fraction of sp³-hybridized carbons (Fsp3) is 0.273. The Hall–Kier alpha value is -2.04. The predicted octanol–water partition coefficient (Wildman–Crippen LogP) is 0.438. The third kappa shape index (κ3) is 3.61. The van der Waals surface area contributed by atoms with Gasteiger partial charge in [0.2, 0.25) is 5.91 Å². The number of nitrogens with one attached hydrogen (secondary N) is 1. The summed E-state index contributed by atoms with van der Waals surface area (Å²) in [4.78, 5) is 21.6. The van der Waals surface area contributed by atoms with Crippen molar-refractivity contribution in [2.75, 3.05) is 13.7 Å². The Kier molecular flexibility index (Phi) is 4.32. The van der Waals surface area contributed by atoms with Gasteiger partial charge in [-0.15, -0.1) is 0 Å². The van der Waals surface area contributed by atoms with Crippen LogP contribution in [-0.2, 0) is 16.0 Å². The molecule has 16 heavy (non-hydrogen) atoms. The molecular formula is C11H13NO4. The Labute approximate surface area is 93.0 Å². The number of hydrogen-bond donors (Lipinski definition) is 2. The van der Waals surface area contributed by atoms with E-state index >= 15 is 0 Å². The molecular weight excluding hydrogens is 210 g/mol. The number of carboxylic acids is 1. The van der Waals surface area contributed by atoms with Crippen LogP contribution in [0.15, 0.2) is 24.3 Å². The molecule has 0 spiro atoms. The quantitative estimate of drug-likeness (QED) is 0.759. The van der Waals surface area contributed by atoms with Gasteiger partial charge in [-0.3, -0.25) is 9.59 Å². The van der Waals surface area contributed by atoms with Gasteiger partial charge in [-0.05, 0) is 6.07 Å². The zero-order chi connectivity index (χ0) is 12.0. The van der Waals surface area contributed by atoms with Crippen LogP contribution in [0.4, 0.5) is 0 Å². The van der Waals surface area contributed by atoms with Gasteiger partial charge in [0.1, 0.15) is 12.3 Å². The molecule has 0 aliphatic rings. The predicted molar refractivity (Wildman–Crippen MR) is 57.3 cm³/mol. The molecule has 0 aliphatic heterocycles. The Bertz CT molecular complexity index is 389. The second-order valence-corrected chi connectivity index (χ2v) is 3.16. The highest BCUT2D eigenvalue weighted by atomic mass is 16.5. The Morgan fingerprint density at radius 1 is 1.38 bits per heavy atom. The lowest BCUT2D eigenvalue weighted by atomic mass is 10.1. The number of amides is 1. The first-order valence-corrected chi connectivity index (χ1v) is 4.74. The van der Waals surface area contributed by atoms with Gasteiger partial charge in [-0.1, -0.05) is 18.2 Å². The number of benzene rings is 1. The van der Waals surface area contributed by atoms with Crippen molar-refractivity contribution in [3.05, 3.63) is 29.8 Å². The van der Waals surface area contributed by atoms with Crippen LogP contribution in [0, 0.1) is 0 Å². The van der Waals surface area contributed by atoms with E-state index in [1.165, 1.54) is 7.11 Å². The first-order chi connectivity index (χ1) is 7.63. The summed E-state index contributed by atoms with van der Waals surface area (Å²) in [5, 5.41) is 10.7. The minimum atomic E-state index is -1.06. The summed E-state index contributed by atoms with van der Waals surface area (Å²) in [6.07, 6.45) is 0.108. The van der Waals surface area contributed by atoms with Gasteiger partial charge in [-0.25, -0.2) is 0 Å². The van der Waals surface area contributed by atoms with Crippen LogP contribution in [0.2, 0.25) is 0 Å². The number of carbonyl (C=O) groups excluding carboxylic acids is 1. The minimum Gasteiger partial charge on any atom is -0.496 e. The average molecular weight is 223 g/mol. The fourth-order valence-electron chi connectivity index (χ4n) is 1.26. The van der Waals surface area contributed by atoms with E-state index in [1.807, 2.05) is 0 Å². The standard InChI is InChI=1S/C11H13NO4/c1-16-9-5-3-2-4-8(9)6-10(13)12-7-11(14)15/h2-5H,6-7H2,1H3,(H,12,13)(H,14,15). The Balaban J connectivity index is 2.58. The number of ether oxygens (including phenoxy) is 1. The summed E-state index contributed by atoms with van der Waals surface area (Å²) in [6, 6.07) is 7.11. The van der Waals surface area contributed by atoms with Gasteiger partial charge in [0.25, 0.3) is 0 Å². The van der Waals surface area contributed by atoms with Crippen molar-refractivity contribution < 1.29 is 19.4 Å². The average Bonchev–Trinajstić information content (AvgIpc) is 2.27. The van der Waals surface area contributed by atoms with Crippen LogP contribution in [0.5, 0.6) is 5.75 Å². The van der Waals surface area contributed by atoms with Crippen molar-refractivity contribution in [1.29, 1.82) is 0 Å². The number of carbonyl (C=O) groups is 2. The van der Waals surface area contributed by atoms with Gasteiger partial charge >= 0.3 is 5.97 Å². The maximum absolute atomic E-state index is 11.4. The monoisotopic (exact) mass is 223 g/mol. The normalized spacial score (nSPS) is 9.56. The molecule has 5 nitrogen and oxygen atoms in total. The van der Waals surface area contributed by atoms with E-state index < -0.39 is 5.97 Å². The lowest BCUT2D eigenvalue weighted by Gasteiger charge is -2.07. The third-order valence-electron chi connectivity index (χ3n) is 1.98. The van der Waals surface area contributed by atoms with Crippen LogP contribution in [0.25, 0.3) is 0 Å². The summed E-state index contributed by atoms with van der Waals surface area (Å²) in [5.41, 5.74) is 0.730. The molecule has 0 atom stereocenters. The Morgan fingerprint density at radius 2 is 2.06 bits per heavy atom. The van der Waals surface area contributed by atoms with Crippen molar-refractivity contribution in [3.8, 4) is 5.75 Å². The van der Waals surface area contributed by atoms with Crippen molar-refractivity contribution in [2.24, 2.45) is 0 Å². The molecule has 0 heterocycles. The zero-order valence-corrected chi connectivity index (χ0v) is 8.90. The topological polar surface area (TPSA) is 75.6 Å². The second kappa shape index (κ2) is 5.75. The molecule has 1 aromatic carbocycles. The van der Waals surface area contributed by atoms with E-state index in [0.29, 0.717) is 5.75 Å². The van der Waals surface area contributed by atoms with Gasteiger partial charge < -0.3 is 15.2 Å². The number of aliphatic carboxylic acids is 1. The smallest absolute Gasteiger partial charge is 0.322 e. The van der Waals surface area contributed by atoms with E-state index in [9.17, 15) is 9.59 Å². The molecule has 0 fully saturated rings.